The van der Waals surface area contributed by atoms with Crippen molar-refractivity contribution in [3.05, 3.63) is 76.7 Å². The molecule has 0 unspecified atom stereocenters. The van der Waals surface area contributed by atoms with Crippen molar-refractivity contribution >= 4 is 29.2 Å². The number of aromatic nitrogens is 1. The van der Waals surface area contributed by atoms with Crippen molar-refractivity contribution in [2.45, 2.75) is 62.7 Å². The minimum absolute atomic E-state index is 0.0351. The average molecular weight is 670 g/mol. The van der Waals surface area contributed by atoms with Gasteiger partial charge in [0.2, 0.25) is 5.91 Å². The van der Waals surface area contributed by atoms with Gasteiger partial charge in [0.25, 0.3) is 0 Å². The number of pyridine rings is 1. The van der Waals surface area contributed by atoms with Gasteiger partial charge in [0.1, 0.15) is 16.6 Å². The number of ether oxygens (including phenoxy) is 1. The van der Waals surface area contributed by atoms with Gasteiger partial charge in [-0.3, -0.25) is 4.79 Å². The molecule has 0 aliphatic carbocycles. The number of rotatable bonds is 5. The summed E-state index contributed by atoms with van der Waals surface area (Å²) in [6.45, 7) is 6.32. The number of halogens is 7. The minimum atomic E-state index is -5.07. The quantitative estimate of drug-likeness (QED) is 0.255. The summed E-state index contributed by atoms with van der Waals surface area (Å²) in [5, 5.41) is 0. The molecule has 13 heteroatoms. The van der Waals surface area contributed by atoms with Gasteiger partial charge in [-0.1, -0.05) is 6.07 Å². The Labute approximate surface area is 267 Å². The van der Waals surface area contributed by atoms with Crippen LogP contribution in [0.2, 0.25) is 0 Å². The van der Waals surface area contributed by atoms with E-state index < -0.39 is 46.2 Å². The molecule has 46 heavy (non-hydrogen) atoms. The lowest BCUT2D eigenvalue weighted by Crippen LogP contribution is -2.46. The lowest BCUT2D eigenvalue weighted by molar-refractivity contribution is -0.143. The van der Waals surface area contributed by atoms with E-state index in [-0.39, 0.29) is 16.7 Å². The van der Waals surface area contributed by atoms with Crippen molar-refractivity contribution in [1.29, 1.82) is 0 Å². The van der Waals surface area contributed by atoms with Crippen LogP contribution in [0.3, 0.4) is 0 Å². The van der Waals surface area contributed by atoms with Gasteiger partial charge in [-0.15, -0.1) is 11.8 Å². The maximum absolute atomic E-state index is 14.1. The molecular weight excluding hydrogens is 635 g/mol. The fourth-order valence-electron chi connectivity index (χ4n) is 5.97. The summed E-state index contributed by atoms with van der Waals surface area (Å²) < 4.78 is 102. The highest BCUT2D eigenvalue weighted by atomic mass is 32.2. The van der Waals surface area contributed by atoms with Crippen LogP contribution in [0.15, 0.2) is 48.7 Å². The SMILES string of the molecule is Cc1cc(F)ccc1-c1cc(N2CCC3(CC2)OCCCS3)ncc1N(C)C(=O)C(C)(C)c1cc(C(F)(F)F)cc(C(F)(F)F)c1. The Morgan fingerprint density at radius 2 is 1.54 bits per heavy atom. The van der Waals surface area contributed by atoms with Gasteiger partial charge in [-0.25, -0.2) is 9.37 Å². The predicted molar refractivity (Wildman–Crippen MR) is 164 cm³/mol. The Hall–Kier alpha value is -3.32. The molecule has 3 aromatic rings. The number of piperidine rings is 1. The number of carbonyl (C=O) groups excluding carboxylic acids is 1. The highest BCUT2D eigenvalue weighted by Gasteiger charge is 2.42. The van der Waals surface area contributed by atoms with Crippen LogP contribution in [0.1, 0.15) is 55.4 Å². The van der Waals surface area contributed by atoms with Gasteiger partial charge in [-0.05, 0) is 86.0 Å². The zero-order valence-electron chi connectivity index (χ0n) is 25.8. The van der Waals surface area contributed by atoms with Gasteiger partial charge in [0, 0.05) is 45.1 Å². The number of hydrogen-bond donors (Lipinski definition) is 0. The van der Waals surface area contributed by atoms with E-state index in [1.165, 1.54) is 44.1 Å². The summed E-state index contributed by atoms with van der Waals surface area (Å²) in [5.41, 5.74) is -3.34. The van der Waals surface area contributed by atoms with E-state index in [1.54, 1.807) is 19.1 Å². The number of amides is 1. The number of aryl methyl sites for hydroxylation is 1. The number of carbonyl (C=O) groups is 1. The fourth-order valence-corrected chi connectivity index (χ4v) is 7.24. The van der Waals surface area contributed by atoms with E-state index in [2.05, 4.69) is 9.88 Å². The smallest absolute Gasteiger partial charge is 0.364 e. The predicted octanol–water partition coefficient (Wildman–Crippen LogP) is 8.62. The van der Waals surface area contributed by atoms with Crippen LogP contribution in [0.25, 0.3) is 11.1 Å². The molecular formula is C33H34F7N3O2S. The highest BCUT2D eigenvalue weighted by Crippen LogP contribution is 2.44. The third-order valence-electron chi connectivity index (χ3n) is 8.73. The molecule has 2 aliphatic heterocycles. The third-order valence-corrected chi connectivity index (χ3v) is 10.3. The van der Waals surface area contributed by atoms with E-state index in [0.29, 0.717) is 47.7 Å². The minimum Gasteiger partial charge on any atom is -0.364 e. The van der Waals surface area contributed by atoms with E-state index in [4.69, 9.17) is 4.74 Å². The first-order valence-electron chi connectivity index (χ1n) is 14.8. The van der Waals surface area contributed by atoms with Crippen LogP contribution >= 0.6 is 11.8 Å². The van der Waals surface area contributed by atoms with Crippen LogP contribution in [0, 0.1) is 12.7 Å². The first-order valence-corrected chi connectivity index (χ1v) is 15.8. The lowest BCUT2D eigenvalue weighted by Gasteiger charge is -2.43. The van der Waals surface area contributed by atoms with Crippen LogP contribution in [0.4, 0.5) is 42.2 Å². The molecule has 0 radical (unpaired) electrons. The monoisotopic (exact) mass is 669 g/mol. The molecule has 0 atom stereocenters. The van der Waals surface area contributed by atoms with Gasteiger partial charge in [-0.2, -0.15) is 26.3 Å². The first kappa shape index (κ1) is 34.0. The second-order valence-electron chi connectivity index (χ2n) is 12.3. The fraction of sp³-hybridized carbons (Fsp3) is 0.455. The molecule has 1 amide bonds. The number of benzene rings is 2. The van der Waals surface area contributed by atoms with Crippen molar-refractivity contribution < 1.29 is 40.3 Å². The van der Waals surface area contributed by atoms with Crippen molar-refractivity contribution in [3.63, 3.8) is 0 Å². The van der Waals surface area contributed by atoms with Crippen molar-refractivity contribution in [3.8, 4) is 11.1 Å². The maximum atomic E-state index is 14.1. The second kappa shape index (κ2) is 12.4. The normalized spacial score (nSPS) is 17.3. The highest BCUT2D eigenvalue weighted by molar-refractivity contribution is 8.00. The Balaban J connectivity index is 1.53. The van der Waals surface area contributed by atoms with Crippen LogP contribution < -0.4 is 9.80 Å². The Kier molecular flexibility index (Phi) is 9.15. The molecule has 0 saturated carbocycles. The standard InChI is InChI=1S/C33H34F7N3O2S/c1-20-14-24(34)6-7-25(20)26-18-28(43-10-8-31(9-11-43)45-12-5-13-46-31)41-19-27(26)42(4)29(44)30(2,3)21-15-22(32(35,36)37)17-23(16-21)33(38,39)40/h6-7,14-19H,5,8-13H2,1-4H3. The van der Waals surface area contributed by atoms with Gasteiger partial charge >= 0.3 is 12.4 Å². The molecule has 3 heterocycles. The van der Waals surface area contributed by atoms with E-state index in [1.807, 2.05) is 11.8 Å². The molecule has 1 aromatic heterocycles. The molecule has 2 fully saturated rings. The molecule has 0 bridgehead atoms. The zero-order chi connectivity index (χ0) is 33.7. The number of likely N-dealkylation sites (N-methyl/N-ethyl adjacent to an activating group) is 1. The molecule has 2 aliphatic rings. The van der Waals surface area contributed by atoms with Crippen molar-refractivity contribution in [2.24, 2.45) is 0 Å². The maximum Gasteiger partial charge on any atom is 0.416 e. The Bertz CT molecular complexity index is 1580. The molecule has 5 rings (SSSR count). The number of alkyl halides is 6. The average Bonchev–Trinajstić information content (AvgIpc) is 3.00. The Morgan fingerprint density at radius 3 is 2.09 bits per heavy atom. The summed E-state index contributed by atoms with van der Waals surface area (Å²) in [5.74, 6) is 0.433. The van der Waals surface area contributed by atoms with Crippen LogP contribution in [0.5, 0.6) is 0 Å². The van der Waals surface area contributed by atoms with E-state index in [0.717, 1.165) is 31.6 Å². The van der Waals surface area contributed by atoms with Crippen molar-refractivity contribution in [1.82, 2.24) is 4.98 Å². The molecule has 2 saturated heterocycles. The van der Waals surface area contributed by atoms with Crippen molar-refractivity contribution in [2.75, 3.05) is 42.3 Å². The third kappa shape index (κ3) is 6.85. The summed E-state index contributed by atoms with van der Waals surface area (Å²) in [6, 6.07) is 7.15. The molecule has 1 spiro atoms. The zero-order valence-corrected chi connectivity index (χ0v) is 26.6. The van der Waals surface area contributed by atoms with Gasteiger partial charge in [0.05, 0.1) is 28.4 Å². The topological polar surface area (TPSA) is 45.7 Å². The van der Waals surface area contributed by atoms with Gasteiger partial charge < -0.3 is 14.5 Å². The van der Waals surface area contributed by atoms with Crippen LogP contribution in [-0.2, 0) is 27.3 Å². The van der Waals surface area contributed by atoms with Gasteiger partial charge in [0.15, 0.2) is 0 Å². The molecule has 0 N–H and O–H groups in total. The first-order chi connectivity index (χ1) is 21.4. The second-order valence-corrected chi connectivity index (χ2v) is 13.7. The number of nitrogens with zero attached hydrogens (tertiary/aromatic N) is 3. The summed E-state index contributed by atoms with van der Waals surface area (Å²) in [4.78, 5) is 21.7. The molecule has 248 valence electrons. The summed E-state index contributed by atoms with van der Waals surface area (Å²) in [6.07, 6.45) is -6.08. The molecule has 2 aromatic carbocycles. The number of hydrogen-bond acceptors (Lipinski definition) is 5. The Morgan fingerprint density at radius 1 is 0.935 bits per heavy atom. The number of anilines is 2. The molecule has 5 nitrogen and oxygen atoms in total. The summed E-state index contributed by atoms with van der Waals surface area (Å²) in [7, 11) is 1.39. The number of thioether (sulfide) groups is 1. The largest absolute Gasteiger partial charge is 0.416 e. The van der Waals surface area contributed by atoms with Crippen LogP contribution in [-0.4, -0.2) is 48.3 Å². The lowest BCUT2D eigenvalue weighted by atomic mass is 9.81. The van der Waals surface area contributed by atoms with E-state index >= 15 is 0 Å². The summed E-state index contributed by atoms with van der Waals surface area (Å²) >= 11 is 1.83. The van der Waals surface area contributed by atoms with E-state index in [9.17, 15) is 35.5 Å².